The van der Waals surface area contributed by atoms with Crippen LogP contribution in [0.3, 0.4) is 0 Å². The highest BCUT2D eigenvalue weighted by molar-refractivity contribution is 9.10. The normalized spacial score (nSPS) is 14.7. The number of rotatable bonds is 2. The van der Waals surface area contributed by atoms with Gasteiger partial charge in [-0.2, -0.15) is 0 Å². The Morgan fingerprint density at radius 3 is 2.39 bits per heavy atom. The summed E-state index contributed by atoms with van der Waals surface area (Å²) in [5, 5.41) is 2.97. The fraction of sp³-hybridized carbons (Fsp3) is 0.278. The van der Waals surface area contributed by atoms with E-state index in [2.05, 4.69) is 38.3 Å². The quantitative estimate of drug-likeness (QED) is 0.859. The van der Waals surface area contributed by atoms with Gasteiger partial charge in [-0.05, 0) is 36.8 Å². The lowest BCUT2D eigenvalue weighted by molar-refractivity contribution is 0.208. The Hall–Kier alpha value is -2.01. The number of hydrogen-bond donors (Lipinski definition) is 1. The summed E-state index contributed by atoms with van der Waals surface area (Å²) in [6, 6.07) is 16.2. The summed E-state index contributed by atoms with van der Waals surface area (Å²) < 4.78 is 1.00. The van der Waals surface area contributed by atoms with Crippen molar-refractivity contribution in [3.05, 3.63) is 58.6 Å². The first-order valence-electron chi connectivity index (χ1n) is 7.75. The van der Waals surface area contributed by atoms with E-state index < -0.39 is 0 Å². The molecule has 0 bridgehead atoms. The molecule has 5 heteroatoms. The van der Waals surface area contributed by atoms with E-state index in [1.54, 1.807) is 0 Å². The average molecular weight is 374 g/mol. The molecule has 1 heterocycles. The number of aryl methyl sites for hydroxylation is 1. The molecule has 4 nitrogen and oxygen atoms in total. The Labute approximate surface area is 145 Å². The van der Waals surface area contributed by atoms with Crippen molar-refractivity contribution < 1.29 is 4.79 Å². The van der Waals surface area contributed by atoms with Gasteiger partial charge in [0.2, 0.25) is 0 Å². The van der Waals surface area contributed by atoms with E-state index >= 15 is 0 Å². The molecule has 120 valence electrons. The molecule has 0 radical (unpaired) electrons. The van der Waals surface area contributed by atoms with E-state index in [4.69, 9.17) is 0 Å². The third kappa shape index (κ3) is 3.85. The van der Waals surface area contributed by atoms with Crippen LogP contribution in [-0.4, -0.2) is 37.1 Å². The smallest absolute Gasteiger partial charge is 0.321 e. The highest BCUT2D eigenvalue weighted by Crippen LogP contribution is 2.21. The molecule has 1 N–H and O–H groups in total. The zero-order chi connectivity index (χ0) is 16.2. The van der Waals surface area contributed by atoms with Gasteiger partial charge in [0.1, 0.15) is 0 Å². The molecule has 1 aliphatic rings. The maximum atomic E-state index is 12.4. The molecular formula is C18H20BrN3O. The van der Waals surface area contributed by atoms with Gasteiger partial charge in [0.05, 0.1) is 0 Å². The van der Waals surface area contributed by atoms with Crippen molar-refractivity contribution in [2.45, 2.75) is 6.92 Å². The third-order valence-electron chi connectivity index (χ3n) is 4.11. The van der Waals surface area contributed by atoms with Gasteiger partial charge in [-0.1, -0.05) is 40.2 Å². The van der Waals surface area contributed by atoms with Gasteiger partial charge in [-0.15, -0.1) is 0 Å². The molecule has 1 fully saturated rings. The molecule has 0 unspecified atom stereocenters. The topological polar surface area (TPSA) is 35.6 Å². The minimum atomic E-state index is -0.0338. The summed E-state index contributed by atoms with van der Waals surface area (Å²) in [5.41, 5.74) is 3.19. The van der Waals surface area contributed by atoms with Gasteiger partial charge >= 0.3 is 6.03 Å². The second kappa shape index (κ2) is 7.04. The summed E-state index contributed by atoms with van der Waals surface area (Å²) in [4.78, 5) is 16.6. The Morgan fingerprint density at radius 2 is 1.74 bits per heavy atom. The van der Waals surface area contributed by atoms with E-state index in [1.807, 2.05) is 48.2 Å². The van der Waals surface area contributed by atoms with Crippen LogP contribution < -0.4 is 10.2 Å². The molecule has 23 heavy (non-hydrogen) atoms. The predicted octanol–water partition coefficient (Wildman–Crippen LogP) is 4.11. The number of urea groups is 1. The molecule has 0 spiro atoms. The molecule has 2 aromatic carbocycles. The Morgan fingerprint density at radius 1 is 1.04 bits per heavy atom. The lowest BCUT2D eigenvalue weighted by Crippen LogP contribution is -2.50. The lowest BCUT2D eigenvalue weighted by Gasteiger charge is -2.36. The number of benzene rings is 2. The summed E-state index contributed by atoms with van der Waals surface area (Å²) in [6.07, 6.45) is 0. The molecule has 0 aromatic heterocycles. The van der Waals surface area contributed by atoms with Crippen molar-refractivity contribution in [2.75, 3.05) is 36.4 Å². The first-order valence-corrected chi connectivity index (χ1v) is 8.55. The van der Waals surface area contributed by atoms with E-state index in [-0.39, 0.29) is 6.03 Å². The first kappa shape index (κ1) is 15.9. The summed E-state index contributed by atoms with van der Waals surface area (Å²) >= 11 is 3.49. The van der Waals surface area contributed by atoms with Crippen molar-refractivity contribution in [3.8, 4) is 0 Å². The number of carbonyl (C=O) groups excluding carboxylic acids is 1. The number of amides is 2. The zero-order valence-electron chi connectivity index (χ0n) is 13.1. The summed E-state index contributed by atoms with van der Waals surface area (Å²) in [6.45, 7) is 5.20. The van der Waals surface area contributed by atoms with Crippen LogP contribution in [0.1, 0.15) is 5.56 Å². The van der Waals surface area contributed by atoms with Crippen LogP contribution in [0, 0.1) is 6.92 Å². The molecule has 2 amide bonds. The second-order valence-corrected chi connectivity index (χ2v) is 6.56. The van der Waals surface area contributed by atoms with E-state index in [1.165, 1.54) is 5.69 Å². The number of halogens is 1. The monoisotopic (exact) mass is 373 g/mol. The first-order chi connectivity index (χ1) is 11.1. The molecule has 2 aromatic rings. The number of piperazine rings is 1. The lowest BCUT2D eigenvalue weighted by atomic mass is 10.2. The van der Waals surface area contributed by atoms with Crippen LogP contribution in [-0.2, 0) is 0 Å². The van der Waals surface area contributed by atoms with E-state index in [0.29, 0.717) is 0 Å². The van der Waals surface area contributed by atoms with Gasteiger partial charge in [0.25, 0.3) is 0 Å². The van der Waals surface area contributed by atoms with E-state index in [0.717, 1.165) is 41.9 Å². The standard InChI is InChI=1S/C18H20BrN3O/c1-14-7-8-15(13-17(14)19)20-18(23)22-11-9-21(10-12-22)16-5-3-2-4-6-16/h2-8,13H,9-12H2,1H3,(H,20,23). The number of nitrogens with one attached hydrogen (secondary N) is 1. The zero-order valence-corrected chi connectivity index (χ0v) is 14.7. The van der Waals surface area contributed by atoms with Gasteiger partial charge in [-0.3, -0.25) is 0 Å². The summed E-state index contributed by atoms with van der Waals surface area (Å²) in [7, 11) is 0. The Bertz CT molecular complexity index is 682. The SMILES string of the molecule is Cc1ccc(NC(=O)N2CCN(c3ccccc3)CC2)cc1Br. The van der Waals surface area contributed by atoms with Crippen LogP contribution in [0.15, 0.2) is 53.0 Å². The van der Waals surface area contributed by atoms with Gasteiger partial charge in [-0.25, -0.2) is 4.79 Å². The maximum absolute atomic E-state index is 12.4. The highest BCUT2D eigenvalue weighted by Gasteiger charge is 2.21. The van der Waals surface area contributed by atoms with Crippen molar-refractivity contribution in [3.63, 3.8) is 0 Å². The maximum Gasteiger partial charge on any atom is 0.321 e. The van der Waals surface area contributed by atoms with Crippen molar-refractivity contribution in [2.24, 2.45) is 0 Å². The number of carbonyl (C=O) groups is 1. The largest absolute Gasteiger partial charge is 0.368 e. The average Bonchev–Trinajstić information content (AvgIpc) is 2.59. The van der Waals surface area contributed by atoms with Gasteiger partial charge in [0, 0.05) is 42.0 Å². The summed E-state index contributed by atoms with van der Waals surface area (Å²) in [5.74, 6) is 0. The number of hydrogen-bond acceptors (Lipinski definition) is 2. The van der Waals surface area contributed by atoms with Crippen LogP contribution in [0.25, 0.3) is 0 Å². The van der Waals surface area contributed by atoms with Gasteiger partial charge in [0.15, 0.2) is 0 Å². The number of para-hydroxylation sites is 1. The fourth-order valence-corrected chi connectivity index (χ4v) is 3.06. The molecule has 0 saturated carbocycles. The van der Waals surface area contributed by atoms with Gasteiger partial charge < -0.3 is 15.1 Å². The van der Waals surface area contributed by atoms with Crippen molar-refractivity contribution >= 4 is 33.3 Å². The Balaban J connectivity index is 1.57. The van der Waals surface area contributed by atoms with Crippen LogP contribution >= 0.6 is 15.9 Å². The molecule has 1 aliphatic heterocycles. The predicted molar refractivity (Wildman–Crippen MR) is 98.1 cm³/mol. The Kier molecular flexibility index (Phi) is 4.86. The van der Waals surface area contributed by atoms with Crippen molar-refractivity contribution in [1.82, 2.24) is 4.90 Å². The minimum absolute atomic E-state index is 0.0338. The second-order valence-electron chi connectivity index (χ2n) is 5.70. The molecule has 0 aliphatic carbocycles. The minimum Gasteiger partial charge on any atom is -0.368 e. The molecule has 1 saturated heterocycles. The van der Waals surface area contributed by atoms with Crippen LogP contribution in [0.4, 0.5) is 16.2 Å². The molecule has 3 rings (SSSR count). The number of anilines is 2. The third-order valence-corrected chi connectivity index (χ3v) is 4.97. The number of nitrogens with zero attached hydrogens (tertiary/aromatic N) is 2. The van der Waals surface area contributed by atoms with E-state index in [9.17, 15) is 4.79 Å². The molecule has 0 atom stereocenters. The fourth-order valence-electron chi connectivity index (χ4n) is 2.68. The van der Waals surface area contributed by atoms with Crippen molar-refractivity contribution in [1.29, 1.82) is 0 Å². The highest BCUT2D eigenvalue weighted by atomic mass is 79.9. The van der Waals surface area contributed by atoms with Crippen LogP contribution in [0.5, 0.6) is 0 Å². The van der Waals surface area contributed by atoms with Crippen LogP contribution in [0.2, 0.25) is 0 Å². The molecular weight excluding hydrogens is 354 g/mol.